The maximum atomic E-state index is 12.8. The van der Waals surface area contributed by atoms with Crippen LogP contribution in [0.3, 0.4) is 0 Å². The summed E-state index contributed by atoms with van der Waals surface area (Å²) in [6, 6.07) is 15.8. The minimum atomic E-state index is -1.22. The molecule has 3 atom stereocenters. The molecule has 1 aliphatic heterocycles. The van der Waals surface area contributed by atoms with Crippen LogP contribution >= 0.6 is 0 Å². The third-order valence-electron chi connectivity index (χ3n) is 4.34. The molecular formula is C21H25NO3S. The number of benzene rings is 2. The number of ether oxygens (including phenoxy) is 2. The Bertz CT molecular complexity index is 799. The monoisotopic (exact) mass is 371 g/mol. The van der Waals surface area contributed by atoms with Gasteiger partial charge in [-0.15, -0.1) is 6.58 Å². The Morgan fingerprint density at radius 2 is 1.77 bits per heavy atom. The van der Waals surface area contributed by atoms with Crippen LogP contribution < -0.4 is 14.2 Å². The number of fused-ring (bicyclic) bond motifs is 1. The molecule has 0 fully saturated rings. The Morgan fingerprint density at radius 1 is 1.08 bits per heavy atom. The molecule has 1 heterocycles. The van der Waals surface area contributed by atoms with Gasteiger partial charge in [-0.2, -0.15) is 0 Å². The first kappa shape index (κ1) is 18.7. The van der Waals surface area contributed by atoms with E-state index in [1.165, 1.54) is 0 Å². The highest BCUT2D eigenvalue weighted by molar-refractivity contribution is 7.84. The SMILES string of the molecule is C=C[C@@H](c1ccc2c(c1)OCO2)[C@H](N[S@](=O)C(C)(C)C)c1ccccc1. The van der Waals surface area contributed by atoms with Crippen LogP contribution in [0.2, 0.25) is 0 Å². The second-order valence-electron chi connectivity index (χ2n) is 7.26. The van der Waals surface area contributed by atoms with E-state index < -0.39 is 11.0 Å². The molecule has 1 N–H and O–H groups in total. The maximum Gasteiger partial charge on any atom is 0.231 e. The number of rotatable bonds is 6. The van der Waals surface area contributed by atoms with E-state index in [-0.39, 0.29) is 23.5 Å². The molecule has 4 nitrogen and oxygen atoms in total. The van der Waals surface area contributed by atoms with E-state index in [1.54, 1.807) is 0 Å². The highest BCUT2D eigenvalue weighted by Crippen LogP contribution is 2.39. The summed E-state index contributed by atoms with van der Waals surface area (Å²) in [5.41, 5.74) is 2.10. The minimum Gasteiger partial charge on any atom is -0.454 e. The van der Waals surface area contributed by atoms with Crippen molar-refractivity contribution in [3.8, 4) is 11.5 Å². The van der Waals surface area contributed by atoms with Crippen LogP contribution in [0, 0.1) is 0 Å². The van der Waals surface area contributed by atoms with Gasteiger partial charge >= 0.3 is 0 Å². The summed E-state index contributed by atoms with van der Waals surface area (Å²) in [6.07, 6.45) is 1.89. The third kappa shape index (κ3) is 4.00. The highest BCUT2D eigenvalue weighted by atomic mass is 32.2. The summed E-state index contributed by atoms with van der Waals surface area (Å²) in [5.74, 6) is 1.41. The fourth-order valence-corrected chi connectivity index (χ4v) is 3.75. The summed E-state index contributed by atoms with van der Waals surface area (Å²) in [7, 11) is -1.22. The van der Waals surface area contributed by atoms with E-state index >= 15 is 0 Å². The molecule has 3 rings (SSSR count). The smallest absolute Gasteiger partial charge is 0.231 e. The van der Waals surface area contributed by atoms with Crippen molar-refractivity contribution in [2.75, 3.05) is 6.79 Å². The van der Waals surface area contributed by atoms with Crippen LogP contribution in [0.1, 0.15) is 43.9 Å². The molecule has 0 bridgehead atoms. The number of hydrogen-bond donors (Lipinski definition) is 1. The molecule has 0 aliphatic carbocycles. The molecule has 0 aromatic heterocycles. The lowest BCUT2D eigenvalue weighted by Crippen LogP contribution is -2.37. The van der Waals surface area contributed by atoms with E-state index in [4.69, 9.17) is 9.47 Å². The van der Waals surface area contributed by atoms with Crippen molar-refractivity contribution in [2.24, 2.45) is 0 Å². The van der Waals surface area contributed by atoms with E-state index in [0.717, 1.165) is 22.6 Å². The fraction of sp³-hybridized carbons (Fsp3) is 0.333. The van der Waals surface area contributed by atoms with Gasteiger partial charge in [0.2, 0.25) is 6.79 Å². The molecule has 138 valence electrons. The molecular weight excluding hydrogens is 346 g/mol. The molecule has 0 amide bonds. The van der Waals surface area contributed by atoms with Crippen molar-refractivity contribution in [2.45, 2.75) is 37.5 Å². The summed E-state index contributed by atoms with van der Waals surface area (Å²) in [4.78, 5) is 0. The lowest BCUT2D eigenvalue weighted by atomic mass is 9.87. The van der Waals surface area contributed by atoms with Gasteiger partial charge in [-0.1, -0.05) is 42.5 Å². The highest BCUT2D eigenvalue weighted by Gasteiger charge is 2.29. The van der Waals surface area contributed by atoms with Crippen molar-refractivity contribution < 1.29 is 13.7 Å². The molecule has 0 saturated carbocycles. The predicted molar refractivity (Wildman–Crippen MR) is 106 cm³/mol. The van der Waals surface area contributed by atoms with Crippen LogP contribution in [0.25, 0.3) is 0 Å². The molecule has 26 heavy (non-hydrogen) atoms. The largest absolute Gasteiger partial charge is 0.454 e. The van der Waals surface area contributed by atoms with Gasteiger partial charge in [-0.25, -0.2) is 8.93 Å². The van der Waals surface area contributed by atoms with Crippen LogP contribution in [0.15, 0.2) is 61.2 Å². The first-order valence-electron chi connectivity index (χ1n) is 8.65. The molecule has 0 unspecified atom stereocenters. The first-order chi connectivity index (χ1) is 12.4. The first-order valence-corrected chi connectivity index (χ1v) is 9.80. The van der Waals surface area contributed by atoms with Gasteiger partial charge in [0.1, 0.15) is 0 Å². The van der Waals surface area contributed by atoms with Gasteiger partial charge in [0.05, 0.1) is 21.8 Å². The van der Waals surface area contributed by atoms with Gasteiger partial charge in [-0.3, -0.25) is 0 Å². The molecule has 2 aromatic carbocycles. The Morgan fingerprint density at radius 3 is 2.42 bits per heavy atom. The molecule has 1 aliphatic rings. The van der Waals surface area contributed by atoms with Gasteiger partial charge in [0.25, 0.3) is 0 Å². The van der Waals surface area contributed by atoms with Gasteiger partial charge in [0.15, 0.2) is 11.5 Å². The van der Waals surface area contributed by atoms with E-state index in [0.29, 0.717) is 0 Å². The van der Waals surface area contributed by atoms with Crippen molar-refractivity contribution in [3.05, 3.63) is 72.3 Å². The van der Waals surface area contributed by atoms with Gasteiger partial charge in [0, 0.05) is 5.92 Å². The molecule has 5 heteroatoms. The van der Waals surface area contributed by atoms with Crippen LogP contribution in [-0.4, -0.2) is 15.7 Å². The second-order valence-corrected chi connectivity index (χ2v) is 9.26. The van der Waals surface area contributed by atoms with Crippen molar-refractivity contribution in [3.63, 3.8) is 0 Å². The summed E-state index contributed by atoms with van der Waals surface area (Å²) >= 11 is 0. The Labute approximate surface area is 157 Å². The van der Waals surface area contributed by atoms with Crippen molar-refractivity contribution in [1.82, 2.24) is 4.72 Å². The second kappa shape index (κ2) is 7.64. The average Bonchev–Trinajstić information content (AvgIpc) is 3.09. The van der Waals surface area contributed by atoms with Crippen molar-refractivity contribution >= 4 is 11.0 Å². The normalized spacial score (nSPS) is 16.7. The fourth-order valence-electron chi connectivity index (χ4n) is 2.89. The summed E-state index contributed by atoms with van der Waals surface area (Å²) in [6.45, 7) is 10.2. The molecule has 0 radical (unpaired) electrons. The minimum absolute atomic E-state index is 0.0711. The van der Waals surface area contributed by atoms with Gasteiger partial charge < -0.3 is 9.47 Å². The lowest BCUT2D eigenvalue weighted by Gasteiger charge is -2.29. The van der Waals surface area contributed by atoms with E-state index in [2.05, 4.69) is 11.3 Å². The molecule has 0 saturated heterocycles. The van der Waals surface area contributed by atoms with Crippen LogP contribution in [0.5, 0.6) is 11.5 Å². The van der Waals surface area contributed by atoms with E-state index in [9.17, 15) is 4.21 Å². The van der Waals surface area contributed by atoms with Gasteiger partial charge in [-0.05, 0) is 44.0 Å². The van der Waals surface area contributed by atoms with Crippen molar-refractivity contribution in [1.29, 1.82) is 0 Å². The van der Waals surface area contributed by atoms with Crippen LogP contribution in [-0.2, 0) is 11.0 Å². The predicted octanol–water partition coefficient (Wildman–Crippen LogP) is 4.48. The Balaban J connectivity index is 1.98. The number of hydrogen-bond acceptors (Lipinski definition) is 3. The maximum absolute atomic E-state index is 12.8. The molecule has 2 aromatic rings. The molecule has 0 spiro atoms. The van der Waals surface area contributed by atoms with Crippen LogP contribution in [0.4, 0.5) is 0 Å². The average molecular weight is 372 g/mol. The Hall–Kier alpha value is -2.11. The third-order valence-corrected chi connectivity index (χ3v) is 5.92. The van der Waals surface area contributed by atoms with E-state index in [1.807, 2.05) is 75.4 Å². The summed E-state index contributed by atoms with van der Waals surface area (Å²) < 4.78 is 26.7. The standard InChI is InChI=1S/C21H25NO3S/c1-5-17(16-11-12-18-19(13-16)25-14-24-18)20(15-9-7-6-8-10-15)22-26(23)21(2,3)4/h5-13,17,20,22H,1,14H2,2-4H3/t17-,20+,26+/m0/s1. The zero-order valence-electron chi connectivity index (χ0n) is 15.4. The topological polar surface area (TPSA) is 47.6 Å². The quantitative estimate of drug-likeness (QED) is 0.762. The zero-order valence-corrected chi connectivity index (χ0v) is 16.2. The zero-order chi connectivity index (χ0) is 18.7. The lowest BCUT2D eigenvalue weighted by molar-refractivity contribution is 0.174. The number of nitrogens with one attached hydrogen (secondary N) is 1. The summed E-state index contributed by atoms with van der Waals surface area (Å²) in [5, 5.41) is 0. The Kier molecular flexibility index (Phi) is 5.49.